The van der Waals surface area contributed by atoms with Gasteiger partial charge in [0.1, 0.15) is 12.1 Å². The van der Waals surface area contributed by atoms with E-state index in [1.165, 1.54) is 0 Å². The maximum absolute atomic E-state index is 13.2. The molecule has 1 atom stereocenters. The van der Waals surface area contributed by atoms with Crippen molar-refractivity contribution in [2.45, 2.75) is 25.0 Å². The van der Waals surface area contributed by atoms with Crippen LogP contribution < -0.4 is 0 Å². The first-order valence-electron chi connectivity index (χ1n) is 9.58. The third-order valence-corrected chi connectivity index (χ3v) is 5.90. The quantitative estimate of drug-likeness (QED) is 0.866. The van der Waals surface area contributed by atoms with Crippen LogP contribution in [0.15, 0.2) is 30.3 Å². The summed E-state index contributed by atoms with van der Waals surface area (Å²) in [5.74, 6) is -0.116. The molecule has 2 aromatic rings. The average molecular weight is 382 g/mol. The van der Waals surface area contributed by atoms with Crippen LogP contribution in [-0.4, -0.2) is 70.4 Å². The van der Waals surface area contributed by atoms with Crippen molar-refractivity contribution in [2.24, 2.45) is 0 Å². The maximum atomic E-state index is 13.2. The fraction of sp³-hybridized carbons (Fsp3) is 0.450. The third-order valence-electron chi connectivity index (χ3n) is 5.90. The lowest BCUT2D eigenvalue weighted by molar-refractivity contribution is 0.0366. The highest BCUT2D eigenvalue weighted by Gasteiger charge is 2.51. The number of aromatic amines is 1. The normalized spacial score (nSPS) is 23.9. The first kappa shape index (κ1) is 17.2. The number of benzene rings is 1. The molecule has 2 amide bonds. The van der Waals surface area contributed by atoms with Gasteiger partial charge < -0.3 is 14.4 Å². The zero-order chi connectivity index (χ0) is 19.1. The molecule has 3 aliphatic rings. The Morgan fingerprint density at radius 1 is 1.25 bits per heavy atom. The predicted octanol–water partition coefficient (Wildman–Crippen LogP) is 1.37. The Hall–Kier alpha value is -2.87. The Balaban J connectivity index is 1.42. The van der Waals surface area contributed by atoms with E-state index in [1.54, 1.807) is 9.80 Å². The van der Waals surface area contributed by atoms with Crippen molar-refractivity contribution >= 4 is 12.0 Å². The minimum Gasteiger partial charge on any atom is -0.447 e. The van der Waals surface area contributed by atoms with Gasteiger partial charge in [-0.1, -0.05) is 30.3 Å². The lowest BCUT2D eigenvalue weighted by atomic mass is 9.88. The molecule has 3 aliphatic heterocycles. The first-order chi connectivity index (χ1) is 13.7. The molecule has 8 heteroatoms. The molecule has 1 N–H and O–H groups in total. The Kier molecular flexibility index (Phi) is 4.08. The van der Waals surface area contributed by atoms with Crippen LogP contribution in [-0.2, 0) is 28.9 Å². The molecule has 0 saturated carbocycles. The Labute approximate surface area is 162 Å². The summed E-state index contributed by atoms with van der Waals surface area (Å²) in [6, 6.07) is 10.0. The maximum Gasteiger partial charge on any atom is 0.410 e. The standard InChI is InChI=1S/C20H22N4O4/c25-18(17-15-11-27-9-6-16(15)21-22-17)23-7-8-24-19(26)28-13-20(24,12-23)10-14-4-2-1-3-5-14/h1-5H,6-13H2,(H,21,22). The molecule has 4 heterocycles. The topological polar surface area (TPSA) is 87.8 Å². The smallest absolute Gasteiger partial charge is 0.410 e. The van der Waals surface area contributed by atoms with Crippen molar-refractivity contribution in [3.8, 4) is 0 Å². The van der Waals surface area contributed by atoms with Gasteiger partial charge in [-0.05, 0) is 5.56 Å². The van der Waals surface area contributed by atoms with E-state index in [2.05, 4.69) is 10.2 Å². The van der Waals surface area contributed by atoms with Crippen LogP contribution in [0.25, 0.3) is 0 Å². The molecule has 1 aromatic carbocycles. The molecule has 1 unspecified atom stereocenters. The van der Waals surface area contributed by atoms with Gasteiger partial charge in [0.15, 0.2) is 5.69 Å². The summed E-state index contributed by atoms with van der Waals surface area (Å²) in [7, 11) is 0. The van der Waals surface area contributed by atoms with Gasteiger partial charge >= 0.3 is 6.09 Å². The number of H-pyrrole nitrogens is 1. The van der Waals surface area contributed by atoms with E-state index in [0.717, 1.165) is 23.2 Å². The van der Waals surface area contributed by atoms with Crippen LogP contribution in [0.1, 0.15) is 27.3 Å². The van der Waals surface area contributed by atoms with E-state index >= 15 is 0 Å². The van der Waals surface area contributed by atoms with Gasteiger partial charge in [0.2, 0.25) is 0 Å². The number of fused-ring (bicyclic) bond motifs is 2. The molecule has 0 spiro atoms. The number of cyclic esters (lactones) is 1. The van der Waals surface area contributed by atoms with Gasteiger partial charge in [-0.25, -0.2) is 4.79 Å². The van der Waals surface area contributed by atoms with Crippen molar-refractivity contribution < 1.29 is 19.1 Å². The Morgan fingerprint density at radius 3 is 2.96 bits per heavy atom. The molecular formula is C20H22N4O4. The summed E-state index contributed by atoms with van der Waals surface area (Å²) >= 11 is 0. The molecule has 28 heavy (non-hydrogen) atoms. The minimum atomic E-state index is -0.542. The number of nitrogens with one attached hydrogen (secondary N) is 1. The third kappa shape index (κ3) is 2.75. The second-order valence-electron chi connectivity index (χ2n) is 7.65. The van der Waals surface area contributed by atoms with Crippen LogP contribution >= 0.6 is 0 Å². The highest BCUT2D eigenvalue weighted by Crippen LogP contribution is 2.33. The summed E-state index contributed by atoms with van der Waals surface area (Å²) in [6.45, 7) is 2.68. The number of rotatable bonds is 3. The molecule has 146 valence electrons. The number of hydrogen-bond acceptors (Lipinski definition) is 5. The predicted molar refractivity (Wildman–Crippen MR) is 98.8 cm³/mol. The summed E-state index contributed by atoms with van der Waals surface area (Å²) in [6.07, 6.45) is 1.09. The fourth-order valence-corrected chi connectivity index (χ4v) is 4.45. The number of carbonyl (C=O) groups is 2. The van der Waals surface area contributed by atoms with Gasteiger partial charge in [-0.3, -0.25) is 14.8 Å². The van der Waals surface area contributed by atoms with E-state index in [1.807, 2.05) is 30.3 Å². The van der Waals surface area contributed by atoms with Crippen molar-refractivity contribution in [1.82, 2.24) is 20.0 Å². The van der Waals surface area contributed by atoms with Crippen molar-refractivity contribution in [1.29, 1.82) is 0 Å². The van der Waals surface area contributed by atoms with E-state index in [-0.39, 0.29) is 18.6 Å². The highest BCUT2D eigenvalue weighted by molar-refractivity contribution is 5.94. The van der Waals surface area contributed by atoms with E-state index in [0.29, 0.717) is 45.0 Å². The van der Waals surface area contributed by atoms with Gasteiger partial charge in [-0.15, -0.1) is 0 Å². The van der Waals surface area contributed by atoms with Crippen LogP contribution in [0, 0.1) is 0 Å². The molecule has 0 aliphatic carbocycles. The monoisotopic (exact) mass is 382 g/mol. The van der Waals surface area contributed by atoms with E-state index < -0.39 is 5.54 Å². The SMILES string of the molecule is O=C(c1n[nH]c2c1COCC2)N1CCN2C(=O)OCC2(Cc2ccccc2)C1. The van der Waals surface area contributed by atoms with Gasteiger partial charge in [0, 0.05) is 43.7 Å². The second kappa shape index (κ2) is 6.63. The van der Waals surface area contributed by atoms with E-state index in [9.17, 15) is 9.59 Å². The van der Waals surface area contributed by atoms with E-state index in [4.69, 9.17) is 9.47 Å². The average Bonchev–Trinajstić information content (AvgIpc) is 3.29. The Bertz CT molecular complexity index is 912. The summed E-state index contributed by atoms with van der Waals surface area (Å²) in [5, 5.41) is 7.25. The number of hydrogen-bond donors (Lipinski definition) is 1. The summed E-state index contributed by atoms with van der Waals surface area (Å²) in [4.78, 5) is 29.1. The lowest BCUT2D eigenvalue weighted by Crippen LogP contribution is -2.63. The molecule has 8 nitrogen and oxygen atoms in total. The molecule has 2 saturated heterocycles. The van der Waals surface area contributed by atoms with Gasteiger partial charge in [-0.2, -0.15) is 5.10 Å². The van der Waals surface area contributed by atoms with Crippen LogP contribution in [0.4, 0.5) is 4.79 Å². The number of ether oxygens (including phenoxy) is 2. The second-order valence-corrected chi connectivity index (χ2v) is 7.65. The zero-order valence-electron chi connectivity index (χ0n) is 15.5. The summed E-state index contributed by atoms with van der Waals surface area (Å²) < 4.78 is 10.9. The van der Waals surface area contributed by atoms with Crippen molar-refractivity contribution in [2.75, 3.05) is 32.8 Å². The molecule has 5 rings (SSSR count). The van der Waals surface area contributed by atoms with Crippen LogP contribution in [0.3, 0.4) is 0 Å². The molecular weight excluding hydrogens is 360 g/mol. The fourth-order valence-electron chi connectivity index (χ4n) is 4.45. The largest absolute Gasteiger partial charge is 0.447 e. The Morgan fingerprint density at radius 2 is 2.11 bits per heavy atom. The zero-order valence-corrected chi connectivity index (χ0v) is 15.5. The molecule has 0 radical (unpaired) electrons. The number of nitrogens with zero attached hydrogens (tertiary/aromatic N) is 3. The van der Waals surface area contributed by atoms with Gasteiger partial charge in [0.25, 0.3) is 5.91 Å². The first-order valence-corrected chi connectivity index (χ1v) is 9.58. The molecule has 2 fully saturated rings. The minimum absolute atomic E-state index is 0.116. The summed E-state index contributed by atoms with van der Waals surface area (Å²) in [5.41, 5.74) is 2.84. The molecule has 1 aromatic heterocycles. The number of aromatic nitrogens is 2. The highest BCUT2D eigenvalue weighted by atomic mass is 16.6. The van der Waals surface area contributed by atoms with Crippen molar-refractivity contribution in [3.63, 3.8) is 0 Å². The number of amides is 2. The lowest BCUT2D eigenvalue weighted by Gasteiger charge is -2.44. The van der Waals surface area contributed by atoms with Crippen molar-refractivity contribution in [3.05, 3.63) is 52.8 Å². The van der Waals surface area contributed by atoms with Crippen LogP contribution in [0.2, 0.25) is 0 Å². The molecule has 0 bridgehead atoms. The number of piperazine rings is 1. The van der Waals surface area contributed by atoms with Crippen LogP contribution in [0.5, 0.6) is 0 Å². The number of carbonyl (C=O) groups excluding carboxylic acids is 2. The van der Waals surface area contributed by atoms with Gasteiger partial charge in [0.05, 0.1) is 13.2 Å².